The summed E-state index contributed by atoms with van der Waals surface area (Å²) in [5.41, 5.74) is 5.03. The average Bonchev–Trinajstić information content (AvgIpc) is 2.49. The van der Waals surface area contributed by atoms with Crippen molar-refractivity contribution < 1.29 is 0 Å². The van der Waals surface area contributed by atoms with Crippen LogP contribution in [0.15, 0.2) is 17.5 Å². The Bertz CT molecular complexity index is 479. The van der Waals surface area contributed by atoms with Crippen LogP contribution in [0, 0.1) is 20.8 Å². The van der Waals surface area contributed by atoms with Crippen LogP contribution in [0.2, 0.25) is 5.15 Å². The van der Waals surface area contributed by atoms with Gasteiger partial charge in [0.25, 0.3) is 0 Å². The predicted octanol–water partition coefficient (Wildman–Crippen LogP) is 4.39. The monoisotopic (exact) mass is 237 g/mol. The maximum atomic E-state index is 5.85. The fraction of sp³-hybridized carbons (Fsp3) is 0.250. The number of benzene rings is 1. The van der Waals surface area contributed by atoms with Crippen molar-refractivity contribution in [2.24, 2.45) is 0 Å². The molecule has 1 aromatic carbocycles. The number of rotatable bonds is 1. The second-order valence-corrected chi connectivity index (χ2v) is 4.99. The Morgan fingerprint density at radius 3 is 2.20 bits per heavy atom. The van der Waals surface area contributed by atoms with Crippen LogP contribution in [0.3, 0.4) is 0 Å². The molecule has 78 valence electrons. The molecule has 0 bridgehead atoms. The lowest BCUT2D eigenvalue weighted by atomic mass is 10.0. The third kappa shape index (κ3) is 2.06. The zero-order valence-electron chi connectivity index (χ0n) is 8.97. The van der Waals surface area contributed by atoms with Gasteiger partial charge in [-0.3, -0.25) is 0 Å². The summed E-state index contributed by atoms with van der Waals surface area (Å²) in [5.74, 6) is 0. The molecule has 0 radical (unpaired) electrons. The molecule has 0 spiro atoms. The minimum atomic E-state index is 0.578. The van der Waals surface area contributed by atoms with Crippen molar-refractivity contribution in [3.05, 3.63) is 39.4 Å². The maximum Gasteiger partial charge on any atom is 0.140 e. The normalized spacial score (nSPS) is 10.7. The zero-order valence-corrected chi connectivity index (χ0v) is 10.5. The van der Waals surface area contributed by atoms with Crippen LogP contribution in [-0.4, -0.2) is 4.98 Å². The van der Waals surface area contributed by atoms with Crippen molar-refractivity contribution >= 4 is 22.9 Å². The number of aryl methyl sites for hydroxylation is 3. The first-order valence-electron chi connectivity index (χ1n) is 4.77. The van der Waals surface area contributed by atoms with Gasteiger partial charge < -0.3 is 0 Å². The highest BCUT2D eigenvalue weighted by atomic mass is 35.5. The highest BCUT2D eigenvalue weighted by molar-refractivity contribution is 7.13. The minimum absolute atomic E-state index is 0.578. The highest BCUT2D eigenvalue weighted by Gasteiger charge is 2.09. The molecule has 1 aromatic heterocycles. The van der Waals surface area contributed by atoms with Gasteiger partial charge in [0.05, 0.1) is 0 Å². The molecule has 0 aliphatic rings. The molecule has 0 amide bonds. The molecule has 0 atom stereocenters. The molecule has 3 heteroatoms. The van der Waals surface area contributed by atoms with Crippen LogP contribution >= 0.6 is 22.9 Å². The van der Waals surface area contributed by atoms with Crippen LogP contribution < -0.4 is 0 Å². The van der Waals surface area contributed by atoms with E-state index in [1.807, 2.05) is 5.38 Å². The van der Waals surface area contributed by atoms with Gasteiger partial charge in [-0.05, 0) is 31.9 Å². The molecular formula is C12H12ClNS. The van der Waals surface area contributed by atoms with Crippen LogP contribution in [0.1, 0.15) is 16.7 Å². The van der Waals surface area contributed by atoms with Crippen molar-refractivity contribution in [1.29, 1.82) is 0 Å². The number of halogens is 1. The summed E-state index contributed by atoms with van der Waals surface area (Å²) in [4.78, 5) is 4.32. The van der Waals surface area contributed by atoms with E-state index in [9.17, 15) is 0 Å². The standard InChI is InChI=1S/C12H12ClNS/c1-7-4-8(2)11(9(3)5-7)12-14-10(13)6-15-12/h4-6H,1-3H3. The SMILES string of the molecule is Cc1cc(C)c(-c2nc(Cl)cs2)c(C)c1. The molecular weight excluding hydrogens is 226 g/mol. The van der Waals surface area contributed by atoms with E-state index < -0.39 is 0 Å². The smallest absolute Gasteiger partial charge is 0.140 e. The zero-order chi connectivity index (χ0) is 11.0. The summed E-state index contributed by atoms with van der Waals surface area (Å²) in [6.45, 7) is 6.34. The van der Waals surface area contributed by atoms with Crippen LogP contribution in [0.25, 0.3) is 10.6 Å². The lowest BCUT2D eigenvalue weighted by Gasteiger charge is -2.08. The van der Waals surface area contributed by atoms with E-state index in [-0.39, 0.29) is 0 Å². The van der Waals surface area contributed by atoms with Crippen molar-refractivity contribution in [2.45, 2.75) is 20.8 Å². The summed E-state index contributed by atoms with van der Waals surface area (Å²) in [5, 5.41) is 3.46. The molecule has 0 aliphatic carbocycles. The van der Waals surface area contributed by atoms with E-state index in [4.69, 9.17) is 11.6 Å². The van der Waals surface area contributed by atoms with E-state index in [0.717, 1.165) is 5.01 Å². The quantitative estimate of drug-likeness (QED) is 0.717. The van der Waals surface area contributed by atoms with Crippen molar-refractivity contribution in [2.75, 3.05) is 0 Å². The van der Waals surface area contributed by atoms with E-state index in [2.05, 4.69) is 37.9 Å². The van der Waals surface area contributed by atoms with E-state index in [0.29, 0.717) is 5.15 Å². The van der Waals surface area contributed by atoms with Crippen LogP contribution in [0.5, 0.6) is 0 Å². The molecule has 0 aliphatic heterocycles. The molecule has 2 aromatic rings. The molecule has 0 saturated heterocycles. The number of aromatic nitrogens is 1. The first-order chi connectivity index (χ1) is 7.08. The Hall–Kier alpha value is -0.860. The van der Waals surface area contributed by atoms with Gasteiger partial charge in [0.1, 0.15) is 10.2 Å². The Labute approximate surface area is 98.7 Å². The molecule has 15 heavy (non-hydrogen) atoms. The van der Waals surface area contributed by atoms with Gasteiger partial charge in [0.15, 0.2) is 0 Å². The minimum Gasteiger partial charge on any atom is -0.224 e. The van der Waals surface area contributed by atoms with Crippen molar-refractivity contribution in [3.63, 3.8) is 0 Å². The van der Waals surface area contributed by atoms with Gasteiger partial charge in [-0.1, -0.05) is 29.3 Å². The summed E-state index contributed by atoms with van der Waals surface area (Å²) < 4.78 is 0. The maximum absolute atomic E-state index is 5.85. The van der Waals surface area contributed by atoms with Crippen molar-refractivity contribution in [1.82, 2.24) is 4.98 Å². The fourth-order valence-electron chi connectivity index (χ4n) is 1.89. The van der Waals surface area contributed by atoms with Crippen LogP contribution in [-0.2, 0) is 0 Å². The molecule has 0 saturated carbocycles. The first kappa shape index (κ1) is 10.7. The Kier molecular flexibility index (Phi) is 2.81. The lowest BCUT2D eigenvalue weighted by molar-refractivity contribution is 1.30. The first-order valence-corrected chi connectivity index (χ1v) is 6.03. The largest absolute Gasteiger partial charge is 0.224 e. The third-order valence-electron chi connectivity index (χ3n) is 2.37. The average molecular weight is 238 g/mol. The highest BCUT2D eigenvalue weighted by Crippen LogP contribution is 2.31. The van der Waals surface area contributed by atoms with E-state index >= 15 is 0 Å². The van der Waals surface area contributed by atoms with E-state index in [1.54, 1.807) is 11.3 Å². The molecule has 0 fully saturated rings. The fourth-order valence-corrected chi connectivity index (χ4v) is 3.01. The van der Waals surface area contributed by atoms with Crippen molar-refractivity contribution in [3.8, 4) is 10.6 Å². The van der Waals surface area contributed by atoms with Gasteiger partial charge in [0.2, 0.25) is 0 Å². The summed E-state index contributed by atoms with van der Waals surface area (Å²) >= 11 is 7.44. The summed E-state index contributed by atoms with van der Waals surface area (Å²) in [6, 6.07) is 4.36. The number of thiazole rings is 1. The van der Waals surface area contributed by atoms with Gasteiger partial charge in [-0.25, -0.2) is 4.98 Å². The Morgan fingerprint density at radius 2 is 1.73 bits per heavy atom. The lowest BCUT2D eigenvalue weighted by Crippen LogP contribution is -1.89. The molecule has 2 rings (SSSR count). The van der Waals surface area contributed by atoms with Gasteiger partial charge >= 0.3 is 0 Å². The summed E-state index contributed by atoms with van der Waals surface area (Å²) in [6.07, 6.45) is 0. The van der Waals surface area contributed by atoms with Gasteiger partial charge in [-0.2, -0.15) is 0 Å². The third-order valence-corrected chi connectivity index (χ3v) is 3.55. The second-order valence-electron chi connectivity index (χ2n) is 3.75. The van der Waals surface area contributed by atoms with Gasteiger partial charge in [-0.15, -0.1) is 11.3 Å². The number of nitrogens with zero attached hydrogens (tertiary/aromatic N) is 1. The number of hydrogen-bond donors (Lipinski definition) is 0. The Morgan fingerprint density at radius 1 is 1.13 bits per heavy atom. The predicted molar refractivity (Wildman–Crippen MR) is 66.8 cm³/mol. The topological polar surface area (TPSA) is 12.9 Å². The Balaban J connectivity index is 2.62. The second kappa shape index (κ2) is 3.95. The molecule has 1 nitrogen and oxygen atoms in total. The van der Waals surface area contributed by atoms with Gasteiger partial charge in [0, 0.05) is 10.9 Å². The van der Waals surface area contributed by atoms with E-state index in [1.165, 1.54) is 22.3 Å². The molecule has 1 heterocycles. The molecule has 0 unspecified atom stereocenters. The summed E-state index contributed by atoms with van der Waals surface area (Å²) in [7, 11) is 0. The van der Waals surface area contributed by atoms with Crippen LogP contribution in [0.4, 0.5) is 0 Å². The molecule has 0 N–H and O–H groups in total. The number of hydrogen-bond acceptors (Lipinski definition) is 2.